The van der Waals surface area contributed by atoms with Gasteiger partial charge in [0.25, 0.3) is 0 Å². The number of carbonyl (C=O) groups excluding carboxylic acids is 4. The predicted molar refractivity (Wildman–Crippen MR) is 170 cm³/mol. The van der Waals surface area contributed by atoms with Gasteiger partial charge in [-0.05, 0) is 51.0 Å². The molecule has 0 aromatic heterocycles. The monoisotopic (exact) mass is 623 g/mol. The summed E-state index contributed by atoms with van der Waals surface area (Å²) >= 11 is 0. The first-order chi connectivity index (χ1) is 21.7. The summed E-state index contributed by atoms with van der Waals surface area (Å²) in [4.78, 5) is 58.5. The number of allylic oxidation sites excluding steroid dienone is 1. The Kier molecular flexibility index (Phi) is 12.0. The largest absolute Gasteiger partial charge is 0.455 e. The maximum atomic E-state index is 14.4. The molecule has 2 N–H and O–H groups in total. The van der Waals surface area contributed by atoms with Crippen LogP contribution in [0.3, 0.4) is 0 Å². The standard InChI is InChI=1S/C35H49N3O7/c1-5-8-17-28(40)36-23-27(25-15-10-9-11-16-25)44-34(43)29-26-18-19-35(45-26)30(29)32(41)38(21-12-13-22-39)31(35)33(42)37(20-7-3)24(4)14-6-2/h5,7,9-11,15-16,24,26-27,29-31,39H,1,3,6,8,12-14,17-23H2,2,4H3,(H,36,40)/t24?,26-,27-,29+,30+,31-,35+/m1/s1. The van der Waals surface area contributed by atoms with Crippen molar-refractivity contribution in [2.24, 2.45) is 11.8 Å². The van der Waals surface area contributed by atoms with E-state index < -0.39 is 41.7 Å². The van der Waals surface area contributed by atoms with E-state index in [1.165, 1.54) is 0 Å². The highest BCUT2D eigenvalue weighted by atomic mass is 16.6. The molecule has 246 valence electrons. The molecule has 7 atom stereocenters. The molecule has 3 aliphatic heterocycles. The Bertz CT molecular complexity index is 1220. The molecule has 10 heteroatoms. The summed E-state index contributed by atoms with van der Waals surface area (Å²) in [5, 5.41) is 12.3. The van der Waals surface area contributed by atoms with E-state index in [2.05, 4.69) is 25.4 Å². The van der Waals surface area contributed by atoms with Gasteiger partial charge in [0.1, 0.15) is 17.7 Å². The third-order valence-electron chi connectivity index (χ3n) is 9.45. The molecule has 45 heavy (non-hydrogen) atoms. The highest BCUT2D eigenvalue weighted by molar-refractivity contribution is 5.98. The molecule has 0 aliphatic carbocycles. The summed E-state index contributed by atoms with van der Waals surface area (Å²) in [6.45, 7) is 12.2. The van der Waals surface area contributed by atoms with Crippen LogP contribution in [-0.4, -0.2) is 88.6 Å². The van der Waals surface area contributed by atoms with Gasteiger partial charge in [-0.3, -0.25) is 19.2 Å². The third kappa shape index (κ3) is 7.17. The highest BCUT2D eigenvalue weighted by Gasteiger charge is 2.75. The van der Waals surface area contributed by atoms with Crippen LogP contribution in [0, 0.1) is 11.8 Å². The van der Waals surface area contributed by atoms with Crippen molar-refractivity contribution in [1.29, 1.82) is 0 Å². The van der Waals surface area contributed by atoms with Crippen molar-refractivity contribution >= 4 is 23.7 Å². The lowest BCUT2D eigenvalue weighted by Crippen LogP contribution is -2.57. The quantitative estimate of drug-likeness (QED) is 0.145. The van der Waals surface area contributed by atoms with Crippen LogP contribution in [0.1, 0.15) is 76.9 Å². The molecule has 0 saturated carbocycles. The minimum atomic E-state index is -1.14. The van der Waals surface area contributed by atoms with Crippen molar-refractivity contribution in [2.75, 3.05) is 26.2 Å². The number of nitrogens with zero attached hydrogens (tertiary/aromatic N) is 2. The number of aliphatic hydroxyl groups excluding tert-OH is 1. The number of rotatable bonds is 18. The lowest BCUT2D eigenvalue weighted by Gasteiger charge is -2.39. The zero-order chi connectivity index (χ0) is 32.6. The van der Waals surface area contributed by atoms with Gasteiger partial charge in [-0.1, -0.05) is 55.8 Å². The molecule has 2 bridgehead atoms. The van der Waals surface area contributed by atoms with Gasteiger partial charge in [-0.15, -0.1) is 13.2 Å². The molecule has 1 unspecified atom stereocenters. The van der Waals surface area contributed by atoms with E-state index in [0.717, 1.165) is 18.4 Å². The minimum absolute atomic E-state index is 0.0239. The number of aliphatic hydroxyl groups is 1. The van der Waals surface area contributed by atoms with Crippen LogP contribution in [0.15, 0.2) is 55.6 Å². The average Bonchev–Trinajstić information content (AvgIpc) is 3.68. The topological polar surface area (TPSA) is 125 Å². The summed E-state index contributed by atoms with van der Waals surface area (Å²) in [7, 11) is 0. The summed E-state index contributed by atoms with van der Waals surface area (Å²) in [6, 6.07) is 8.23. The first kappa shape index (κ1) is 34.4. The van der Waals surface area contributed by atoms with E-state index in [9.17, 15) is 24.3 Å². The lowest BCUT2D eigenvalue weighted by molar-refractivity contribution is -0.160. The molecule has 1 aromatic carbocycles. The van der Waals surface area contributed by atoms with Crippen LogP contribution < -0.4 is 5.32 Å². The Balaban J connectivity index is 1.63. The van der Waals surface area contributed by atoms with Crippen LogP contribution in [0.4, 0.5) is 0 Å². The van der Waals surface area contributed by atoms with E-state index in [1.54, 1.807) is 22.0 Å². The lowest BCUT2D eigenvalue weighted by atomic mass is 9.70. The molecule has 3 amide bonds. The fourth-order valence-corrected chi connectivity index (χ4v) is 7.33. The van der Waals surface area contributed by atoms with Gasteiger partial charge in [0.05, 0.1) is 24.5 Å². The number of carbonyl (C=O) groups is 4. The molecule has 3 aliphatic rings. The Morgan fingerprint density at radius 2 is 1.98 bits per heavy atom. The molecule has 3 fully saturated rings. The number of unbranched alkanes of at least 4 members (excludes halogenated alkanes) is 1. The van der Waals surface area contributed by atoms with Crippen LogP contribution in [0.5, 0.6) is 0 Å². The van der Waals surface area contributed by atoms with Gasteiger partial charge in [-0.2, -0.15) is 0 Å². The van der Waals surface area contributed by atoms with Crippen molar-refractivity contribution in [3.05, 3.63) is 61.2 Å². The van der Waals surface area contributed by atoms with E-state index in [0.29, 0.717) is 38.6 Å². The first-order valence-corrected chi connectivity index (χ1v) is 16.4. The van der Waals surface area contributed by atoms with E-state index >= 15 is 0 Å². The molecular formula is C35H49N3O7. The number of ether oxygens (including phenoxy) is 2. The van der Waals surface area contributed by atoms with E-state index in [4.69, 9.17) is 9.47 Å². The second-order valence-electron chi connectivity index (χ2n) is 12.4. The molecule has 3 heterocycles. The zero-order valence-corrected chi connectivity index (χ0v) is 26.7. The number of hydrogen-bond acceptors (Lipinski definition) is 7. The maximum absolute atomic E-state index is 14.4. The molecular weight excluding hydrogens is 574 g/mol. The Labute approximate surface area is 266 Å². The second-order valence-corrected chi connectivity index (χ2v) is 12.4. The summed E-state index contributed by atoms with van der Waals surface area (Å²) in [5.41, 5.74) is -0.427. The van der Waals surface area contributed by atoms with Gasteiger partial charge in [0.15, 0.2) is 0 Å². The van der Waals surface area contributed by atoms with Gasteiger partial charge < -0.3 is 29.7 Å². The number of amides is 3. The van der Waals surface area contributed by atoms with Crippen molar-refractivity contribution in [2.45, 2.75) is 95.1 Å². The molecule has 10 nitrogen and oxygen atoms in total. The molecule has 3 saturated heterocycles. The Morgan fingerprint density at radius 1 is 1.22 bits per heavy atom. The predicted octanol–water partition coefficient (Wildman–Crippen LogP) is 3.70. The molecule has 0 radical (unpaired) electrons. The SMILES string of the molecule is C=CCCC(=O)NC[C@@H](OC(=O)[C@@H]1[C@H]2C(=O)N(CCCCO)[C@H](C(=O)N(CC=C)C(C)CCC)[C@]23CC[C@H]1O3)c1ccccc1. The first-order valence-electron chi connectivity index (χ1n) is 16.4. The van der Waals surface area contributed by atoms with E-state index in [1.807, 2.05) is 37.3 Å². The Morgan fingerprint density at radius 3 is 2.64 bits per heavy atom. The van der Waals surface area contributed by atoms with Crippen LogP contribution in [0.25, 0.3) is 0 Å². The second kappa shape index (κ2) is 15.7. The fourth-order valence-electron chi connectivity index (χ4n) is 7.33. The smallest absolute Gasteiger partial charge is 0.313 e. The van der Waals surface area contributed by atoms with Crippen molar-refractivity contribution in [1.82, 2.24) is 15.1 Å². The van der Waals surface area contributed by atoms with Gasteiger partial charge in [0, 0.05) is 32.2 Å². The fraction of sp³-hybridized carbons (Fsp3) is 0.600. The molecule has 1 spiro atoms. The maximum Gasteiger partial charge on any atom is 0.313 e. The van der Waals surface area contributed by atoms with Crippen LogP contribution >= 0.6 is 0 Å². The van der Waals surface area contributed by atoms with Gasteiger partial charge in [-0.25, -0.2) is 0 Å². The summed E-state index contributed by atoms with van der Waals surface area (Å²) < 4.78 is 12.7. The van der Waals surface area contributed by atoms with Crippen molar-refractivity contribution < 1.29 is 33.8 Å². The minimum Gasteiger partial charge on any atom is -0.455 e. The highest BCUT2D eigenvalue weighted by Crippen LogP contribution is 2.59. The van der Waals surface area contributed by atoms with Gasteiger partial charge in [0.2, 0.25) is 17.7 Å². The number of esters is 1. The summed E-state index contributed by atoms with van der Waals surface area (Å²) in [5.74, 6) is -2.98. The molecule has 1 aromatic rings. The zero-order valence-electron chi connectivity index (χ0n) is 26.7. The van der Waals surface area contributed by atoms with Gasteiger partial charge >= 0.3 is 5.97 Å². The van der Waals surface area contributed by atoms with E-state index in [-0.39, 0.29) is 49.9 Å². The normalized spacial score (nSPS) is 26.2. The Hall–Kier alpha value is -3.50. The molecule has 4 rings (SSSR count). The number of hydrogen-bond donors (Lipinski definition) is 2. The van der Waals surface area contributed by atoms with Crippen LogP contribution in [-0.2, 0) is 28.7 Å². The number of likely N-dealkylation sites (tertiary alicyclic amines) is 1. The van der Waals surface area contributed by atoms with Crippen LogP contribution in [0.2, 0.25) is 0 Å². The van der Waals surface area contributed by atoms with Crippen molar-refractivity contribution in [3.63, 3.8) is 0 Å². The number of fused-ring (bicyclic) bond motifs is 1. The summed E-state index contributed by atoms with van der Waals surface area (Å²) in [6.07, 6.45) is 6.54. The average molecular weight is 624 g/mol. The number of benzene rings is 1. The third-order valence-corrected chi connectivity index (χ3v) is 9.45. The van der Waals surface area contributed by atoms with Crippen molar-refractivity contribution in [3.8, 4) is 0 Å². The number of nitrogens with one attached hydrogen (secondary N) is 1.